The molecule has 4 rings (SSSR count). The molecular formula is C28H28Br2N2O6S. The monoisotopic (exact) mass is 678 g/mol. The van der Waals surface area contributed by atoms with Crippen LogP contribution in [0.5, 0.6) is 17.2 Å². The van der Waals surface area contributed by atoms with Crippen LogP contribution in [0, 0.1) is 0 Å². The highest BCUT2D eigenvalue weighted by Crippen LogP contribution is 2.38. The number of fused-ring (bicyclic) bond motifs is 1. The minimum Gasteiger partial charge on any atom is -0.496 e. The van der Waals surface area contributed by atoms with E-state index in [1.165, 1.54) is 11.3 Å². The molecule has 0 amide bonds. The Morgan fingerprint density at radius 2 is 1.77 bits per heavy atom. The van der Waals surface area contributed by atoms with Crippen LogP contribution in [0.1, 0.15) is 43.9 Å². The molecule has 1 aliphatic heterocycles. The number of carbonyl (C=O) groups is 1. The summed E-state index contributed by atoms with van der Waals surface area (Å²) >= 11 is 8.30. The topological polar surface area (TPSA) is 88.4 Å². The molecule has 3 aromatic rings. The van der Waals surface area contributed by atoms with Crippen molar-refractivity contribution in [3.05, 3.63) is 81.4 Å². The average Bonchev–Trinajstić information content (AvgIpc) is 3.22. The van der Waals surface area contributed by atoms with Gasteiger partial charge in [-0.1, -0.05) is 40.6 Å². The summed E-state index contributed by atoms with van der Waals surface area (Å²) in [5.74, 6) is 1.19. The third-order valence-electron chi connectivity index (χ3n) is 6.17. The lowest BCUT2D eigenvalue weighted by Gasteiger charge is -2.27. The highest BCUT2D eigenvalue weighted by Gasteiger charge is 2.36. The normalized spacial score (nSPS) is 15.1. The van der Waals surface area contributed by atoms with Crippen LogP contribution >= 0.6 is 43.2 Å². The van der Waals surface area contributed by atoms with Crippen molar-refractivity contribution in [3.63, 3.8) is 0 Å². The number of esters is 1. The molecule has 0 aliphatic carbocycles. The highest BCUT2D eigenvalue weighted by atomic mass is 79.9. The molecule has 2 aromatic carbocycles. The Labute approximate surface area is 246 Å². The zero-order valence-corrected chi connectivity index (χ0v) is 26.2. The zero-order chi connectivity index (χ0) is 28.3. The van der Waals surface area contributed by atoms with E-state index in [0.29, 0.717) is 55.4 Å². The molecule has 0 radical (unpaired) electrons. The third-order valence-corrected chi connectivity index (χ3v) is 8.27. The number of hydrogen-bond donors (Lipinski definition) is 0. The summed E-state index contributed by atoms with van der Waals surface area (Å²) in [6.07, 6.45) is 3.07. The predicted octanol–water partition coefficient (Wildman–Crippen LogP) is 5.13. The van der Waals surface area contributed by atoms with Crippen LogP contribution in [0.2, 0.25) is 0 Å². The Balaban J connectivity index is 2.06. The second kappa shape index (κ2) is 12.5. The van der Waals surface area contributed by atoms with Crippen molar-refractivity contribution in [2.45, 2.75) is 32.7 Å². The Bertz CT molecular complexity index is 1630. The average molecular weight is 680 g/mol. The summed E-state index contributed by atoms with van der Waals surface area (Å²) in [6, 6.07) is 8.30. The van der Waals surface area contributed by atoms with Gasteiger partial charge < -0.3 is 18.9 Å². The van der Waals surface area contributed by atoms with Gasteiger partial charge in [-0.3, -0.25) is 9.36 Å². The number of thiazole rings is 1. The van der Waals surface area contributed by atoms with Gasteiger partial charge >= 0.3 is 5.97 Å². The summed E-state index contributed by atoms with van der Waals surface area (Å²) in [5, 5.41) is 0. The molecule has 1 atom stereocenters. The van der Waals surface area contributed by atoms with Crippen LogP contribution in [0.15, 0.2) is 60.3 Å². The minimum atomic E-state index is -0.791. The van der Waals surface area contributed by atoms with Crippen molar-refractivity contribution < 1.29 is 23.7 Å². The van der Waals surface area contributed by atoms with Gasteiger partial charge in [0.25, 0.3) is 5.56 Å². The van der Waals surface area contributed by atoms with E-state index in [1.807, 2.05) is 25.1 Å². The summed E-state index contributed by atoms with van der Waals surface area (Å²) in [6.45, 7) is 3.96. The second-order valence-corrected chi connectivity index (χ2v) is 11.3. The first kappa shape index (κ1) is 29.1. The zero-order valence-electron chi connectivity index (χ0n) is 22.2. The minimum absolute atomic E-state index is 0.195. The molecule has 0 bridgehead atoms. The van der Waals surface area contributed by atoms with Gasteiger partial charge in [0.1, 0.15) is 23.3 Å². The number of benzene rings is 2. The summed E-state index contributed by atoms with van der Waals surface area (Å²) < 4.78 is 25.6. The molecule has 0 saturated heterocycles. The first-order chi connectivity index (χ1) is 18.8. The Morgan fingerprint density at radius 1 is 1.05 bits per heavy atom. The van der Waals surface area contributed by atoms with Crippen molar-refractivity contribution >= 4 is 55.2 Å². The van der Waals surface area contributed by atoms with Crippen LogP contribution in [0.25, 0.3) is 6.08 Å². The third kappa shape index (κ3) is 5.71. The number of aromatic nitrogens is 1. The maximum Gasteiger partial charge on any atom is 0.338 e. The van der Waals surface area contributed by atoms with E-state index in [0.717, 1.165) is 15.4 Å². The standard InChI is InChI=1S/C28H28Br2N2O6S/c1-6-8-19-24(27(34)38-7-2)25(17-13-16(29)9-10-20(17)35-3)32-26(33)23(39-28(32)31-19)12-15-11-18(30)22(37-5)14-21(15)36-4/h9-14,25H,6-8H2,1-5H3/b23-12+/t25-/m0/s1. The molecule has 11 heteroatoms. The van der Waals surface area contributed by atoms with Crippen molar-refractivity contribution in [1.29, 1.82) is 0 Å². The molecule has 0 fully saturated rings. The fourth-order valence-electron chi connectivity index (χ4n) is 4.47. The molecular weight excluding hydrogens is 652 g/mol. The lowest BCUT2D eigenvalue weighted by Crippen LogP contribution is -2.40. The summed E-state index contributed by atoms with van der Waals surface area (Å²) in [7, 11) is 4.69. The summed E-state index contributed by atoms with van der Waals surface area (Å²) in [5.41, 5.74) is 1.97. The van der Waals surface area contributed by atoms with Crippen molar-refractivity contribution in [3.8, 4) is 17.2 Å². The smallest absolute Gasteiger partial charge is 0.338 e. The first-order valence-corrected chi connectivity index (χ1v) is 14.6. The van der Waals surface area contributed by atoms with E-state index in [2.05, 4.69) is 31.9 Å². The molecule has 0 saturated carbocycles. The molecule has 8 nitrogen and oxygen atoms in total. The number of allylic oxidation sites excluding steroid dienone is 1. The molecule has 39 heavy (non-hydrogen) atoms. The van der Waals surface area contributed by atoms with E-state index in [9.17, 15) is 9.59 Å². The number of carbonyl (C=O) groups excluding carboxylic acids is 1. The highest BCUT2D eigenvalue weighted by molar-refractivity contribution is 9.10. The lowest BCUT2D eigenvalue weighted by molar-refractivity contribution is -0.139. The number of halogens is 2. The van der Waals surface area contributed by atoms with Gasteiger partial charge in [-0.05, 0) is 59.6 Å². The number of rotatable bonds is 9. The van der Waals surface area contributed by atoms with Gasteiger partial charge in [0.15, 0.2) is 4.80 Å². The number of ether oxygens (including phenoxy) is 4. The Morgan fingerprint density at radius 3 is 2.41 bits per heavy atom. The van der Waals surface area contributed by atoms with Gasteiger partial charge in [0, 0.05) is 21.7 Å². The number of hydrogen-bond acceptors (Lipinski definition) is 8. The fourth-order valence-corrected chi connectivity index (χ4v) is 6.38. The van der Waals surface area contributed by atoms with Crippen molar-refractivity contribution in [2.24, 2.45) is 4.99 Å². The van der Waals surface area contributed by atoms with E-state index in [1.54, 1.807) is 51.0 Å². The largest absolute Gasteiger partial charge is 0.496 e. The lowest BCUT2D eigenvalue weighted by atomic mass is 9.93. The summed E-state index contributed by atoms with van der Waals surface area (Å²) in [4.78, 5) is 32.8. The van der Waals surface area contributed by atoms with E-state index < -0.39 is 12.0 Å². The van der Waals surface area contributed by atoms with Gasteiger partial charge in [-0.15, -0.1) is 0 Å². The van der Waals surface area contributed by atoms with Gasteiger partial charge in [0.2, 0.25) is 0 Å². The van der Waals surface area contributed by atoms with Crippen LogP contribution < -0.4 is 29.1 Å². The van der Waals surface area contributed by atoms with Crippen LogP contribution in [0.3, 0.4) is 0 Å². The van der Waals surface area contributed by atoms with Gasteiger partial charge in [0.05, 0.1) is 48.2 Å². The van der Waals surface area contributed by atoms with Crippen LogP contribution in [-0.4, -0.2) is 38.5 Å². The van der Waals surface area contributed by atoms with Crippen LogP contribution in [0.4, 0.5) is 0 Å². The van der Waals surface area contributed by atoms with E-state index in [-0.39, 0.29) is 12.2 Å². The Hall–Kier alpha value is -2.89. The van der Waals surface area contributed by atoms with Gasteiger partial charge in [-0.25, -0.2) is 9.79 Å². The molecule has 1 aliphatic rings. The van der Waals surface area contributed by atoms with Crippen molar-refractivity contribution in [1.82, 2.24) is 4.57 Å². The molecule has 206 valence electrons. The predicted molar refractivity (Wildman–Crippen MR) is 158 cm³/mol. The molecule has 2 heterocycles. The molecule has 0 unspecified atom stereocenters. The van der Waals surface area contributed by atoms with Crippen molar-refractivity contribution in [2.75, 3.05) is 27.9 Å². The van der Waals surface area contributed by atoms with E-state index in [4.69, 9.17) is 23.9 Å². The molecule has 1 aromatic heterocycles. The number of nitrogens with zero attached hydrogens (tertiary/aromatic N) is 2. The SMILES string of the molecule is CCCC1=C(C(=O)OCC)[C@H](c2cc(Br)ccc2OC)n2c(s/c(=C/c3cc(Br)c(OC)cc3OC)c2=O)=N1. The quantitative estimate of drug-likeness (QED) is 0.292. The molecule has 0 spiro atoms. The maximum absolute atomic E-state index is 14.1. The van der Waals surface area contributed by atoms with E-state index >= 15 is 0 Å². The van der Waals surface area contributed by atoms with Crippen LogP contribution in [-0.2, 0) is 9.53 Å². The van der Waals surface area contributed by atoms with Gasteiger partial charge in [-0.2, -0.15) is 0 Å². The fraction of sp³-hybridized carbons (Fsp3) is 0.321. The second-order valence-electron chi connectivity index (χ2n) is 8.53. The first-order valence-electron chi connectivity index (χ1n) is 12.2. The maximum atomic E-state index is 14.1. The number of methoxy groups -OCH3 is 3. The molecule has 0 N–H and O–H groups in total. The Kier molecular flexibility index (Phi) is 9.35.